The number of carbonyl (C=O) groups is 2. The fraction of sp³-hybridized carbons (Fsp3) is 0.222. The molecule has 0 aliphatic carbocycles. The van der Waals surface area contributed by atoms with E-state index in [2.05, 4.69) is 4.98 Å². The zero-order valence-corrected chi connectivity index (χ0v) is 20.2. The molecule has 1 atom stereocenters. The van der Waals surface area contributed by atoms with Crippen LogP contribution in [-0.4, -0.2) is 50.3 Å². The van der Waals surface area contributed by atoms with Gasteiger partial charge in [0.1, 0.15) is 11.5 Å². The number of carbonyl (C=O) groups excluding carboxylic acids is 2. The molecule has 3 aromatic rings. The minimum absolute atomic E-state index is 0.0362. The number of phenols is 1. The lowest BCUT2D eigenvalue weighted by atomic mass is 9.87. The second-order valence-electron chi connectivity index (χ2n) is 7.89. The lowest BCUT2D eigenvalue weighted by Crippen LogP contribution is -2.11. The number of pyridine rings is 1. The largest absolute Gasteiger partial charge is 0.508 e. The van der Waals surface area contributed by atoms with Crippen molar-refractivity contribution >= 4 is 17.8 Å². The van der Waals surface area contributed by atoms with E-state index in [0.29, 0.717) is 33.9 Å². The van der Waals surface area contributed by atoms with Gasteiger partial charge in [0, 0.05) is 23.9 Å². The number of allylic oxidation sites excluding steroid dienone is 1. The number of fused-ring (bicyclic) bond motifs is 1. The first-order valence-electron chi connectivity index (χ1n) is 11.0. The fourth-order valence-electron chi connectivity index (χ4n) is 4.15. The summed E-state index contributed by atoms with van der Waals surface area (Å²) in [5.74, 6) is -0.174. The molecule has 1 unspecified atom stereocenters. The molecule has 9 heteroatoms. The van der Waals surface area contributed by atoms with Crippen LogP contribution >= 0.6 is 0 Å². The van der Waals surface area contributed by atoms with Gasteiger partial charge in [-0.2, -0.15) is 0 Å². The molecule has 0 spiro atoms. The van der Waals surface area contributed by atoms with E-state index < -0.39 is 11.9 Å². The van der Waals surface area contributed by atoms with Crippen LogP contribution in [0.3, 0.4) is 0 Å². The highest BCUT2D eigenvalue weighted by Gasteiger charge is 2.35. The molecule has 0 amide bonds. The predicted molar refractivity (Wildman–Crippen MR) is 130 cm³/mol. The molecule has 0 bridgehead atoms. The Morgan fingerprint density at radius 1 is 1.08 bits per heavy atom. The normalized spacial score (nSPS) is 14.1. The first kappa shape index (κ1) is 24.6. The molecule has 0 fully saturated rings. The van der Waals surface area contributed by atoms with Gasteiger partial charge in [-0.15, -0.1) is 0 Å². The number of ether oxygens (including phenoxy) is 5. The van der Waals surface area contributed by atoms with Crippen LogP contribution < -0.4 is 18.9 Å². The Bertz CT molecular complexity index is 1310. The van der Waals surface area contributed by atoms with Gasteiger partial charge in [-0.05, 0) is 47.5 Å². The predicted octanol–water partition coefficient (Wildman–Crippen LogP) is 4.12. The molecule has 2 aromatic carbocycles. The number of methoxy groups -OCH3 is 4. The highest BCUT2D eigenvalue weighted by molar-refractivity contribution is 6.15. The third kappa shape index (κ3) is 4.55. The Morgan fingerprint density at radius 2 is 1.81 bits per heavy atom. The van der Waals surface area contributed by atoms with Crippen molar-refractivity contribution in [3.8, 4) is 28.7 Å². The number of aromatic hydroxyl groups is 1. The average Bonchev–Trinajstić information content (AvgIpc) is 3.21. The number of Topliss-reactive ketones (excluding diaryl/α,β-unsaturated/α-hetero) is 1. The fourth-order valence-corrected chi connectivity index (χ4v) is 4.15. The zero-order valence-electron chi connectivity index (χ0n) is 20.2. The molecule has 0 saturated heterocycles. The van der Waals surface area contributed by atoms with Gasteiger partial charge in [0.2, 0.25) is 11.5 Å². The monoisotopic (exact) mass is 491 g/mol. The minimum atomic E-state index is -0.658. The van der Waals surface area contributed by atoms with Crippen molar-refractivity contribution in [2.75, 3.05) is 28.4 Å². The Morgan fingerprint density at radius 3 is 2.39 bits per heavy atom. The van der Waals surface area contributed by atoms with Crippen molar-refractivity contribution in [3.63, 3.8) is 0 Å². The van der Waals surface area contributed by atoms with Crippen molar-refractivity contribution in [3.05, 3.63) is 76.8 Å². The number of hydrogen-bond donors (Lipinski definition) is 1. The summed E-state index contributed by atoms with van der Waals surface area (Å²) >= 11 is 0. The van der Waals surface area contributed by atoms with Gasteiger partial charge >= 0.3 is 5.97 Å². The van der Waals surface area contributed by atoms with Gasteiger partial charge < -0.3 is 28.8 Å². The van der Waals surface area contributed by atoms with Crippen molar-refractivity contribution in [1.82, 2.24) is 4.98 Å². The van der Waals surface area contributed by atoms with E-state index in [0.717, 1.165) is 0 Å². The quantitative estimate of drug-likeness (QED) is 0.367. The van der Waals surface area contributed by atoms with Gasteiger partial charge in [0.05, 0.1) is 40.4 Å². The third-order valence-corrected chi connectivity index (χ3v) is 5.87. The Balaban J connectivity index is 1.81. The van der Waals surface area contributed by atoms with Crippen LogP contribution in [-0.2, 0) is 9.53 Å². The molecule has 4 rings (SSSR count). The van der Waals surface area contributed by atoms with Crippen LogP contribution in [0.2, 0.25) is 0 Å². The molecule has 36 heavy (non-hydrogen) atoms. The van der Waals surface area contributed by atoms with Crippen molar-refractivity contribution in [2.24, 2.45) is 0 Å². The van der Waals surface area contributed by atoms with E-state index in [1.54, 1.807) is 42.7 Å². The van der Waals surface area contributed by atoms with Gasteiger partial charge in [-0.3, -0.25) is 14.6 Å². The number of rotatable bonds is 8. The SMILES string of the molecule is COC(=O)CC(c1cccnc1)c1c(O)ccc2c1OC(=Cc1cc(OC)c(OC)c(OC)c1)C2=O. The molecule has 0 radical (unpaired) electrons. The summed E-state index contributed by atoms with van der Waals surface area (Å²) in [6.45, 7) is 0. The standard InChI is InChI=1S/C27H25NO8/c1-32-21-11-15(12-22(33-2)27(21)35-4)10-20-25(31)17-7-8-19(29)24(26(17)36-20)18(13-23(30)34-3)16-6-5-9-28-14-16/h5-12,14,18,29H,13H2,1-4H3. The minimum Gasteiger partial charge on any atom is -0.508 e. The first-order valence-corrected chi connectivity index (χ1v) is 11.0. The van der Waals surface area contributed by atoms with Crippen LogP contribution in [0.4, 0.5) is 0 Å². The van der Waals surface area contributed by atoms with E-state index in [1.807, 2.05) is 0 Å². The van der Waals surface area contributed by atoms with Gasteiger partial charge in [-0.25, -0.2) is 0 Å². The molecular formula is C27H25NO8. The number of aromatic nitrogens is 1. The van der Waals surface area contributed by atoms with E-state index in [1.165, 1.54) is 40.6 Å². The van der Waals surface area contributed by atoms with Crippen molar-refractivity contribution < 1.29 is 38.4 Å². The van der Waals surface area contributed by atoms with Crippen molar-refractivity contribution in [1.29, 1.82) is 0 Å². The Hall–Kier alpha value is -4.53. The number of nitrogens with zero attached hydrogens (tertiary/aromatic N) is 1. The molecule has 186 valence electrons. The summed E-state index contributed by atoms with van der Waals surface area (Å²) in [4.78, 5) is 29.6. The Kier molecular flexibility index (Phi) is 7.10. The van der Waals surface area contributed by atoms with Crippen LogP contribution in [0.5, 0.6) is 28.7 Å². The number of benzene rings is 2. The van der Waals surface area contributed by atoms with Crippen LogP contribution in [0.25, 0.3) is 6.08 Å². The van der Waals surface area contributed by atoms with Crippen molar-refractivity contribution in [2.45, 2.75) is 12.3 Å². The maximum absolute atomic E-state index is 13.3. The van der Waals surface area contributed by atoms with Crippen LogP contribution in [0, 0.1) is 0 Å². The summed E-state index contributed by atoms with van der Waals surface area (Å²) in [6, 6.07) is 9.78. The Labute approximate surface area is 207 Å². The van der Waals surface area contributed by atoms with Gasteiger partial charge in [0.25, 0.3) is 0 Å². The summed E-state index contributed by atoms with van der Waals surface area (Å²) in [7, 11) is 5.78. The molecule has 9 nitrogen and oxygen atoms in total. The van der Waals surface area contributed by atoms with Gasteiger partial charge in [0.15, 0.2) is 17.3 Å². The maximum atomic E-state index is 13.3. The summed E-state index contributed by atoms with van der Waals surface area (Å²) in [5, 5.41) is 10.8. The number of phenolic OH excluding ortho intramolecular Hbond substituents is 1. The number of ketones is 1. The van der Waals surface area contributed by atoms with E-state index in [-0.39, 0.29) is 35.0 Å². The second kappa shape index (κ2) is 10.4. The highest BCUT2D eigenvalue weighted by Crippen LogP contribution is 2.47. The highest BCUT2D eigenvalue weighted by atomic mass is 16.5. The molecular weight excluding hydrogens is 466 g/mol. The number of esters is 1. The average molecular weight is 491 g/mol. The smallest absolute Gasteiger partial charge is 0.306 e. The third-order valence-electron chi connectivity index (χ3n) is 5.87. The maximum Gasteiger partial charge on any atom is 0.306 e. The molecule has 2 heterocycles. The topological polar surface area (TPSA) is 113 Å². The summed E-state index contributed by atoms with van der Waals surface area (Å²) < 4.78 is 27.0. The lowest BCUT2D eigenvalue weighted by Gasteiger charge is -2.20. The van der Waals surface area contributed by atoms with Gasteiger partial charge in [-0.1, -0.05) is 6.07 Å². The lowest BCUT2D eigenvalue weighted by molar-refractivity contribution is -0.140. The van der Waals surface area contributed by atoms with Crippen LogP contribution in [0.15, 0.2) is 54.6 Å². The summed E-state index contributed by atoms with van der Waals surface area (Å²) in [6.07, 6.45) is 4.66. The second-order valence-corrected chi connectivity index (χ2v) is 7.89. The van der Waals surface area contributed by atoms with E-state index in [9.17, 15) is 14.7 Å². The molecule has 1 N–H and O–H groups in total. The zero-order chi connectivity index (χ0) is 25.8. The molecule has 1 aromatic heterocycles. The molecule has 1 aliphatic heterocycles. The number of hydrogen-bond acceptors (Lipinski definition) is 9. The molecule has 0 saturated carbocycles. The summed E-state index contributed by atoms with van der Waals surface area (Å²) in [5.41, 5.74) is 1.79. The van der Waals surface area contributed by atoms with Crippen LogP contribution in [0.1, 0.15) is 39.4 Å². The van der Waals surface area contributed by atoms with E-state index >= 15 is 0 Å². The first-order chi connectivity index (χ1) is 17.4. The molecule has 1 aliphatic rings. The van der Waals surface area contributed by atoms with E-state index in [4.69, 9.17) is 23.7 Å².